The van der Waals surface area contributed by atoms with Crippen LogP contribution in [0.2, 0.25) is 0 Å². The molecule has 0 saturated heterocycles. The summed E-state index contributed by atoms with van der Waals surface area (Å²) in [5.41, 5.74) is 0.252. The van der Waals surface area contributed by atoms with Gasteiger partial charge in [-0.25, -0.2) is 0 Å². The lowest BCUT2D eigenvalue weighted by molar-refractivity contribution is 0.0225. The van der Waals surface area contributed by atoms with Crippen LogP contribution in [0.5, 0.6) is 0 Å². The fourth-order valence-electron chi connectivity index (χ4n) is 1.78. The Hall–Kier alpha value is -0.0800. The molecule has 0 radical (unpaired) electrons. The van der Waals surface area contributed by atoms with Gasteiger partial charge in [0.1, 0.15) is 0 Å². The molecule has 0 aromatic heterocycles. The van der Waals surface area contributed by atoms with Crippen molar-refractivity contribution < 1.29 is 5.11 Å². The third-order valence-corrected chi connectivity index (χ3v) is 1.94. The van der Waals surface area contributed by atoms with E-state index in [1.807, 2.05) is 0 Å². The molecule has 0 unspecified atom stereocenters. The number of β-amino-alcohol motifs (C(OH)–C–C–N with tert-alkyl or cyclic N) is 1. The maximum Gasteiger partial charge on any atom is 0.0558 e. The minimum absolute atomic E-state index is 0.126. The van der Waals surface area contributed by atoms with E-state index in [9.17, 15) is 0 Å². The van der Waals surface area contributed by atoms with Gasteiger partial charge in [0.05, 0.1) is 6.61 Å². The van der Waals surface area contributed by atoms with Crippen LogP contribution in [0.3, 0.4) is 0 Å². The van der Waals surface area contributed by atoms with Gasteiger partial charge < -0.3 is 5.11 Å². The van der Waals surface area contributed by atoms with Crippen molar-refractivity contribution in [3.05, 3.63) is 0 Å². The third kappa shape index (κ3) is 3.55. The van der Waals surface area contributed by atoms with E-state index in [0.717, 1.165) is 6.54 Å². The second-order valence-corrected chi connectivity index (χ2v) is 5.22. The fraction of sp³-hybridized carbons (Fsp3) is 1.00. The Labute approximate surface area is 76.6 Å². The van der Waals surface area contributed by atoms with E-state index >= 15 is 0 Å². The molecule has 0 fully saturated rings. The Bertz CT molecular complexity index is 116. The van der Waals surface area contributed by atoms with E-state index in [4.69, 9.17) is 5.11 Å². The first-order valence-electron chi connectivity index (χ1n) is 4.58. The molecule has 0 aliphatic rings. The monoisotopic (exact) mass is 173 g/mol. The number of nitrogens with zero attached hydrogens (tertiary/aromatic N) is 1. The lowest BCUT2D eigenvalue weighted by Crippen LogP contribution is -2.53. The van der Waals surface area contributed by atoms with Gasteiger partial charge in [-0.2, -0.15) is 0 Å². The van der Waals surface area contributed by atoms with Crippen molar-refractivity contribution in [1.29, 1.82) is 0 Å². The lowest BCUT2D eigenvalue weighted by Gasteiger charge is -2.45. The highest BCUT2D eigenvalue weighted by molar-refractivity contribution is 4.86. The number of rotatable bonds is 2. The van der Waals surface area contributed by atoms with Gasteiger partial charge in [-0.3, -0.25) is 4.90 Å². The number of aliphatic hydroxyl groups excluding tert-OH is 1. The molecule has 0 rings (SSSR count). The number of aliphatic hydroxyl groups is 1. The fourth-order valence-corrected chi connectivity index (χ4v) is 1.78. The Kier molecular flexibility index (Phi) is 3.73. The molecule has 0 spiro atoms. The van der Waals surface area contributed by atoms with Crippen molar-refractivity contribution in [2.45, 2.75) is 52.6 Å². The summed E-state index contributed by atoms with van der Waals surface area (Å²) in [6, 6.07) is 0. The molecule has 0 atom stereocenters. The SMILES string of the molecule is CC(C)(C)N(CCO)C(C)(C)C. The first-order valence-corrected chi connectivity index (χ1v) is 4.58. The summed E-state index contributed by atoms with van der Waals surface area (Å²) in [4.78, 5) is 2.31. The smallest absolute Gasteiger partial charge is 0.0558 e. The topological polar surface area (TPSA) is 23.5 Å². The van der Waals surface area contributed by atoms with Crippen molar-refractivity contribution in [2.75, 3.05) is 13.2 Å². The Morgan fingerprint density at radius 3 is 1.33 bits per heavy atom. The zero-order valence-electron chi connectivity index (χ0n) is 9.31. The van der Waals surface area contributed by atoms with Gasteiger partial charge in [0.15, 0.2) is 0 Å². The van der Waals surface area contributed by atoms with E-state index in [2.05, 4.69) is 46.4 Å². The van der Waals surface area contributed by atoms with Crippen LogP contribution in [0.15, 0.2) is 0 Å². The molecule has 0 bridgehead atoms. The van der Waals surface area contributed by atoms with Crippen molar-refractivity contribution >= 4 is 0 Å². The highest BCUT2D eigenvalue weighted by atomic mass is 16.3. The minimum atomic E-state index is 0.126. The van der Waals surface area contributed by atoms with E-state index in [1.54, 1.807) is 0 Å². The maximum absolute atomic E-state index is 8.92. The van der Waals surface area contributed by atoms with Gasteiger partial charge in [0, 0.05) is 17.6 Å². The second-order valence-electron chi connectivity index (χ2n) is 5.22. The Morgan fingerprint density at radius 1 is 0.917 bits per heavy atom. The van der Waals surface area contributed by atoms with E-state index in [1.165, 1.54) is 0 Å². The molecule has 0 heterocycles. The average Bonchev–Trinajstić information content (AvgIpc) is 1.77. The van der Waals surface area contributed by atoms with E-state index in [0.29, 0.717) is 0 Å². The normalized spacial score (nSPS) is 14.0. The standard InChI is InChI=1S/C10H23NO/c1-9(2,3)11(7-8-12)10(4,5)6/h12H,7-8H2,1-6H3. The van der Waals surface area contributed by atoms with Gasteiger partial charge in [-0.1, -0.05) is 0 Å². The molecule has 2 heteroatoms. The van der Waals surface area contributed by atoms with Gasteiger partial charge in [-0.15, -0.1) is 0 Å². The van der Waals surface area contributed by atoms with Crippen molar-refractivity contribution in [3.8, 4) is 0 Å². The van der Waals surface area contributed by atoms with Crippen LogP contribution in [0.4, 0.5) is 0 Å². The van der Waals surface area contributed by atoms with Gasteiger partial charge in [0.2, 0.25) is 0 Å². The predicted octanol–water partition coefficient (Wildman–Crippen LogP) is 1.88. The first-order chi connectivity index (χ1) is 5.19. The highest BCUT2D eigenvalue weighted by Gasteiger charge is 2.30. The zero-order chi connectivity index (χ0) is 9.99. The summed E-state index contributed by atoms with van der Waals surface area (Å²) in [6.07, 6.45) is 0. The molecular formula is C10H23NO. The molecule has 12 heavy (non-hydrogen) atoms. The molecule has 1 N–H and O–H groups in total. The molecule has 0 saturated carbocycles. The van der Waals surface area contributed by atoms with E-state index < -0.39 is 0 Å². The lowest BCUT2D eigenvalue weighted by atomic mass is 9.96. The molecule has 2 nitrogen and oxygen atoms in total. The maximum atomic E-state index is 8.92. The summed E-state index contributed by atoms with van der Waals surface area (Å²) >= 11 is 0. The molecule has 0 aromatic rings. The van der Waals surface area contributed by atoms with Crippen LogP contribution in [-0.4, -0.2) is 34.2 Å². The van der Waals surface area contributed by atoms with E-state index in [-0.39, 0.29) is 17.7 Å². The van der Waals surface area contributed by atoms with Crippen LogP contribution >= 0.6 is 0 Å². The number of hydrogen-bond donors (Lipinski definition) is 1. The van der Waals surface area contributed by atoms with Crippen LogP contribution < -0.4 is 0 Å². The zero-order valence-corrected chi connectivity index (χ0v) is 9.31. The number of hydrogen-bond acceptors (Lipinski definition) is 2. The molecule has 0 amide bonds. The molecule has 0 aromatic carbocycles. The van der Waals surface area contributed by atoms with Crippen LogP contribution in [0.25, 0.3) is 0 Å². The molecule has 0 aliphatic carbocycles. The molecular weight excluding hydrogens is 150 g/mol. The third-order valence-electron chi connectivity index (χ3n) is 1.94. The summed E-state index contributed by atoms with van der Waals surface area (Å²) in [7, 11) is 0. The summed E-state index contributed by atoms with van der Waals surface area (Å²) in [6.45, 7) is 14.0. The summed E-state index contributed by atoms with van der Waals surface area (Å²) < 4.78 is 0. The van der Waals surface area contributed by atoms with Crippen molar-refractivity contribution in [1.82, 2.24) is 4.90 Å². The van der Waals surface area contributed by atoms with Gasteiger partial charge >= 0.3 is 0 Å². The predicted molar refractivity (Wildman–Crippen MR) is 53.3 cm³/mol. The minimum Gasteiger partial charge on any atom is -0.395 e. The van der Waals surface area contributed by atoms with Crippen LogP contribution in [-0.2, 0) is 0 Å². The first kappa shape index (κ1) is 11.9. The highest BCUT2D eigenvalue weighted by Crippen LogP contribution is 2.23. The van der Waals surface area contributed by atoms with Crippen molar-refractivity contribution in [2.24, 2.45) is 0 Å². The van der Waals surface area contributed by atoms with Crippen LogP contribution in [0, 0.1) is 0 Å². The second kappa shape index (κ2) is 3.75. The van der Waals surface area contributed by atoms with Gasteiger partial charge in [0.25, 0.3) is 0 Å². The average molecular weight is 173 g/mol. The quantitative estimate of drug-likeness (QED) is 0.689. The molecule has 74 valence electrons. The Morgan fingerprint density at radius 2 is 1.25 bits per heavy atom. The largest absolute Gasteiger partial charge is 0.395 e. The summed E-state index contributed by atoms with van der Waals surface area (Å²) in [5, 5.41) is 8.92. The molecule has 0 aliphatic heterocycles. The van der Waals surface area contributed by atoms with Crippen molar-refractivity contribution in [3.63, 3.8) is 0 Å². The summed E-state index contributed by atoms with van der Waals surface area (Å²) in [5.74, 6) is 0. The van der Waals surface area contributed by atoms with Crippen LogP contribution in [0.1, 0.15) is 41.5 Å². The Balaban J connectivity index is 4.45. The van der Waals surface area contributed by atoms with Gasteiger partial charge in [-0.05, 0) is 41.5 Å².